The molecule has 1 aliphatic heterocycles. The van der Waals surface area contributed by atoms with E-state index in [0.717, 1.165) is 0 Å². The van der Waals surface area contributed by atoms with Crippen molar-refractivity contribution in [2.24, 2.45) is 0 Å². The van der Waals surface area contributed by atoms with Gasteiger partial charge in [-0.2, -0.15) is 16.9 Å². The van der Waals surface area contributed by atoms with E-state index in [1.165, 1.54) is 10.2 Å². The summed E-state index contributed by atoms with van der Waals surface area (Å²) >= 11 is 7.43. The van der Waals surface area contributed by atoms with Crippen molar-refractivity contribution in [3.05, 3.63) is 0 Å². The van der Waals surface area contributed by atoms with Crippen LogP contribution in [0.3, 0.4) is 0 Å². The Kier molecular flexibility index (Phi) is 2.01. The third kappa shape index (κ3) is 1.82. The fraction of sp³-hybridized carbons (Fsp3) is 1.00. The Bertz CT molecular complexity index is 88.6. The van der Waals surface area contributed by atoms with Crippen molar-refractivity contribution in [1.82, 2.24) is 0 Å². The van der Waals surface area contributed by atoms with Crippen LogP contribution in [0.1, 0.15) is 0 Å². The molecule has 1 fully saturated rings. The molecule has 1 heterocycles. The molecule has 1 aliphatic rings. The molecule has 0 aromatic rings. The summed E-state index contributed by atoms with van der Waals surface area (Å²) in [5.41, 5.74) is 0. The third-order valence-electron chi connectivity index (χ3n) is 0.983. The van der Waals surface area contributed by atoms with Crippen molar-refractivity contribution in [1.29, 1.82) is 0 Å². The highest BCUT2D eigenvalue weighted by Gasteiger charge is 2.37. The van der Waals surface area contributed by atoms with Gasteiger partial charge in [0.1, 0.15) is 0 Å². The van der Waals surface area contributed by atoms with E-state index in [9.17, 15) is 0 Å². The van der Waals surface area contributed by atoms with Gasteiger partial charge in [0.15, 0.2) is 0 Å². The summed E-state index contributed by atoms with van der Waals surface area (Å²) in [6.07, 6.45) is 4.67. The number of hydrogen-bond acceptors (Lipinski definition) is 0. The summed E-state index contributed by atoms with van der Waals surface area (Å²) in [6.45, 7) is 0. The Morgan fingerprint density at radius 2 is 1.25 bits per heavy atom. The predicted molar refractivity (Wildman–Crippen MR) is 54.6 cm³/mol. The van der Waals surface area contributed by atoms with Crippen LogP contribution in [0.4, 0.5) is 0 Å². The third-order valence-corrected chi connectivity index (χ3v) is 15.6. The van der Waals surface area contributed by atoms with Gasteiger partial charge in [0, 0.05) is 10.2 Å². The van der Waals surface area contributed by atoms with Crippen LogP contribution >= 0.6 is 46.5 Å². The number of halogens is 2. The lowest BCUT2D eigenvalue weighted by Gasteiger charge is -2.53. The molecule has 0 bridgehead atoms. The Hall–Kier alpha value is 1.66. The van der Waals surface area contributed by atoms with Gasteiger partial charge in [0.2, 0.25) is 0 Å². The van der Waals surface area contributed by atoms with E-state index < -0.39 is 0 Å². The van der Waals surface area contributed by atoms with Crippen LogP contribution in [0.2, 0.25) is 0 Å². The molecule has 1 saturated heterocycles. The molecule has 52 valence electrons. The molecule has 0 amide bonds. The van der Waals surface area contributed by atoms with E-state index in [4.69, 9.17) is 0 Å². The summed E-state index contributed by atoms with van der Waals surface area (Å²) in [5, 5.41) is 2.81. The van der Waals surface area contributed by atoms with Crippen LogP contribution < -0.4 is 0 Å². The molecule has 0 N–H and O–H groups in total. The number of rotatable bonds is 0. The van der Waals surface area contributed by atoms with Crippen LogP contribution in [0.5, 0.6) is 0 Å². The molecular formula is C4H10Br2S2. The largest absolute Gasteiger partial charge is 0.169 e. The molecule has 1 rings (SSSR count). The van der Waals surface area contributed by atoms with Gasteiger partial charge >= 0.3 is 0 Å². The molecule has 0 radical (unpaired) electrons. The van der Waals surface area contributed by atoms with Crippen LogP contribution in [0.25, 0.3) is 0 Å². The normalized spacial score (nSPS) is 71.5. The first-order valence-corrected chi connectivity index (χ1v) is 10.7. The standard InChI is InChI=1S/C4H10Br2S2/c1-7(5)3-8(2,6)4-7/h3-4H2,1-2H3. The highest BCUT2D eigenvalue weighted by atomic mass is 79.9. The average molecular weight is 282 g/mol. The molecule has 0 spiro atoms. The van der Waals surface area contributed by atoms with Gasteiger partial charge in [-0.05, 0) is 42.1 Å². The van der Waals surface area contributed by atoms with Gasteiger partial charge in [0.25, 0.3) is 0 Å². The number of hydrogen-bond donors (Lipinski definition) is 0. The van der Waals surface area contributed by atoms with Crippen LogP contribution in [-0.2, 0) is 0 Å². The van der Waals surface area contributed by atoms with Gasteiger partial charge in [-0.3, -0.25) is 0 Å². The second kappa shape index (κ2) is 2.07. The van der Waals surface area contributed by atoms with E-state index in [2.05, 4.69) is 42.1 Å². The second-order valence-corrected chi connectivity index (χ2v) is 18.4. The molecule has 0 atom stereocenters. The fourth-order valence-electron chi connectivity index (χ4n) is 0.990. The minimum atomic E-state index is -0.286. The highest BCUT2D eigenvalue weighted by molar-refractivity contribution is 9.67. The van der Waals surface area contributed by atoms with Gasteiger partial charge in [-0.1, -0.05) is 0 Å². The van der Waals surface area contributed by atoms with Crippen molar-refractivity contribution >= 4 is 46.5 Å². The molecule has 0 nitrogen and oxygen atoms in total. The zero-order chi connectivity index (χ0) is 6.41. The molecule has 8 heavy (non-hydrogen) atoms. The predicted octanol–water partition coefficient (Wildman–Crippen LogP) is 3.40. The van der Waals surface area contributed by atoms with Gasteiger partial charge in [-0.25, -0.2) is 0 Å². The van der Waals surface area contributed by atoms with Crippen molar-refractivity contribution in [2.75, 3.05) is 22.7 Å². The molecule has 0 aliphatic carbocycles. The Labute approximate surface area is 68.8 Å². The average Bonchev–Trinajstić information content (AvgIpc) is 1.20. The summed E-state index contributed by atoms with van der Waals surface area (Å²) in [4.78, 5) is 0. The van der Waals surface area contributed by atoms with Gasteiger partial charge < -0.3 is 0 Å². The molecule has 0 aromatic heterocycles. The lowest BCUT2D eigenvalue weighted by molar-refractivity contribution is 1.86. The molecule has 4 heteroatoms. The fourth-order valence-corrected chi connectivity index (χ4v) is 28.3. The maximum absolute atomic E-state index is 3.71. The summed E-state index contributed by atoms with van der Waals surface area (Å²) in [5.74, 6) is 0. The van der Waals surface area contributed by atoms with E-state index in [0.29, 0.717) is 0 Å². The maximum Gasteiger partial charge on any atom is 0.0264 e. The van der Waals surface area contributed by atoms with Crippen molar-refractivity contribution in [2.45, 2.75) is 0 Å². The quantitative estimate of drug-likeness (QED) is 0.638. The van der Waals surface area contributed by atoms with Gasteiger partial charge in [0.05, 0.1) is 0 Å². The van der Waals surface area contributed by atoms with E-state index in [1.54, 1.807) is 0 Å². The van der Waals surface area contributed by atoms with Crippen molar-refractivity contribution < 1.29 is 0 Å². The van der Waals surface area contributed by atoms with E-state index >= 15 is 0 Å². The van der Waals surface area contributed by atoms with Crippen LogP contribution in [-0.4, -0.2) is 22.7 Å². The topological polar surface area (TPSA) is 0 Å². The van der Waals surface area contributed by atoms with E-state index in [1.807, 2.05) is 0 Å². The highest BCUT2D eigenvalue weighted by Crippen LogP contribution is 2.82. The lowest BCUT2D eigenvalue weighted by Crippen LogP contribution is -2.19. The Morgan fingerprint density at radius 1 is 1.00 bits per heavy atom. The maximum atomic E-state index is 3.71. The Balaban J connectivity index is 2.42. The SMILES string of the molecule is CS1(Br)CS(C)(Br)C1. The zero-order valence-electron chi connectivity index (χ0n) is 4.99. The first-order chi connectivity index (χ1) is 3.41. The second-order valence-electron chi connectivity index (χ2n) is 2.54. The Morgan fingerprint density at radius 3 is 1.25 bits per heavy atom. The first kappa shape index (κ1) is 7.76. The summed E-state index contributed by atoms with van der Waals surface area (Å²) in [7, 11) is -0.573. The monoisotopic (exact) mass is 280 g/mol. The van der Waals surface area contributed by atoms with Gasteiger partial charge in [-0.15, -0.1) is 0 Å². The summed E-state index contributed by atoms with van der Waals surface area (Å²) in [6, 6.07) is 0. The zero-order valence-corrected chi connectivity index (χ0v) is 9.79. The first-order valence-electron chi connectivity index (χ1n) is 2.28. The van der Waals surface area contributed by atoms with E-state index in [-0.39, 0.29) is 16.9 Å². The minimum Gasteiger partial charge on any atom is -0.169 e. The van der Waals surface area contributed by atoms with Crippen LogP contribution in [0.15, 0.2) is 0 Å². The molecule has 0 unspecified atom stereocenters. The smallest absolute Gasteiger partial charge is 0.0264 e. The lowest BCUT2D eigenvalue weighted by atomic mass is 11.8. The summed E-state index contributed by atoms with van der Waals surface area (Å²) < 4.78 is 0. The van der Waals surface area contributed by atoms with Crippen molar-refractivity contribution in [3.63, 3.8) is 0 Å². The minimum absolute atomic E-state index is 0.286. The van der Waals surface area contributed by atoms with Crippen molar-refractivity contribution in [3.8, 4) is 0 Å². The molecule has 0 aromatic carbocycles. The van der Waals surface area contributed by atoms with Crippen LogP contribution in [0, 0.1) is 0 Å². The molecule has 0 saturated carbocycles. The molecular weight excluding hydrogens is 272 g/mol.